The van der Waals surface area contributed by atoms with Gasteiger partial charge in [-0.3, -0.25) is 14.2 Å². The molecule has 5 rings (SSSR count). The molecule has 2 aromatic carbocycles. The smallest absolute Gasteiger partial charge is 0.253 e. The van der Waals surface area contributed by atoms with Crippen molar-refractivity contribution in [2.45, 2.75) is 45.6 Å². The number of para-hydroxylation sites is 1. The van der Waals surface area contributed by atoms with Crippen molar-refractivity contribution in [3.05, 3.63) is 53.5 Å². The first-order chi connectivity index (χ1) is 16.5. The number of benzene rings is 2. The molecule has 3 heterocycles. The lowest BCUT2D eigenvalue weighted by atomic mass is 9.80. The van der Waals surface area contributed by atoms with E-state index in [1.165, 1.54) is 6.07 Å². The van der Waals surface area contributed by atoms with Crippen molar-refractivity contribution in [1.29, 1.82) is 0 Å². The largest absolute Gasteiger partial charge is 0.381 e. The van der Waals surface area contributed by atoms with Crippen molar-refractivity contribution in [3.8, 4) is 11.1 Å². The number of fused-ring (bicyclic) bond motifs is 3. The third-order valence-corrected chi connectivity index (χ3v) is 8.75. The fraction of sp³-hybridized carbons (Fsp3) is 0.385. The van der Waals surface area contributed by atoms with Gasteiger partial charge < -0.3 is 11.1 Å². The van der Waals surface area contributed by atoms with Gasteiger partial charge in [-0.1, -0.05) is 32.0 Å². The quantitative estimate of drug-likeness (QED) is 0.563. The highest BCUT2D eigenvalue weighted by atomic mass is 32.2. The molecule has 1 amide bonds. The maximum Gasteiger partial charge on any atom is 0.253 e. The number of nitrogens with one attached hydrogen (secondary N) is 1. The molecule has 1 saturated heterocycles. The summed E-state index contributed by atoms with van der Waals surface area (Å²) in [6.07, 6.45) is 1.76. The molecule has 0 radical (unpaired) electrons. The lowest BCUT2D eigenvalue weighted by Crippen LogP contribution is -2.33. The molecular formula is C26H28FN3O4S. The van der Waals surface area contributed by atoms with Crippen LogP contribution in [0.1, 0.15) is 54.0 Å². The second kappa shape index (κ2) is 8.19. The fourth-order valence-corrected chi connectivity index (χ4v) is 6.93. The Morgan fingerprint density at radius 3 is 2.51 bits per heavy atom. The van der Waals surface area contributed by atoms with Crippen molar-refractivity contribution in [1.82, 2.24) is 4.57 Å². The number of hydrogen-bond donors (Lipinski definition) is 2. The fourth-order valence-electron chi connectivity index (χ4n) is 5.44. The Morgan fingerprint density at radius 1 is 1.14 bits per heavy atom. The zero-order valence-electron chi connectivity index (χ0n) is 19.7. The van der Waals surface area contributed by atoms with Crippen LogP contribution in [0.5, 0.6) is 0 Å². The third-order valence-electron chi connectivity index (χ3n) is 7.04. The Balaban J connectivity index is 1.68. The Bertz CT molecular complexity index is 1480. The molecule has 2 aliphatic heterocycles. The number of nitrogens with two attached hydrogens (primary N) is 1. The van der Waals surface area contributed by atoms with E-state index in [2.05, 4.69) is 5.32 Å². The molecule has 35 heavy (non-hydrogen) atoms. The third kappa shape index (κ3) is 4.22. The molecule has 0 unspecified atom stereocenters. The first-order valence-corrected chi connectivity index (χ1v) is 13.5. The Labute approximate surface area is 203 Å². The molecule has 7 nitrogen and oxygen atoms in total. The van der Waals surface area contributed by atoms with Crippen LogP contribution in [0.25, 0.3) is 22.0 Å². The number of anilines is 1. The predicted molar refractivity (Wildman–Crippen MR) is 134 cm³/mol. The molecule has 9 heteroatoms. The molecule has 1 fully saturated rings. The van der Waals surface area contributed by atoms with E-state index in [4.69, 9.17) is 5.73 Å². The number of carbonyl (C=O) groups is 2. The SMILES string of the molecule is CC1(C)CC(=O)n2c(c(-c3cc(F)c(C(N)=O)c(NC4CCS(=O)(=O)CC4)c3)c3ccccc32)C1. The van der Waals surface area contributed by atoms with E-state index in [9.17, 15) is 18.0 Å². The molecule has 0 bridgehead atoms. The lowest BCUT2D eigenvalue weighted by Gasteiger charge is -2.31. The maximum atomic E-state index is 15.4. The minimum absolute atomic E-state index is 0.00492. The topological polar surface area (TPSA) is 111 Å². The summed E-state index contributed by atoms with van der Waals surface area (Å²) >= 11 is 0. The van der Waals surface area contributed by atoms with Gasteiger partial charge >= 0.3 is 0 Å². The van der Waals surface area contributed by atoms with E-state index < -0.39 is 21.6 Å². The van der Waals surface area contributed by atoms with E-state index in [1.807, 2.05) is 38.1 Å². The van der Waals surface area contributed by atoms with Crippen LogP contribution in [0.3, 0.4) is 0 Å². The van der Waals surface area contributed by atoms with Gasteiger partial charge in [0.1, 0.15) is 15.7 Å². The second-order valence-electron chi connectivity index (χ2n) is 10.4. The number of halogens is 1. The van der Waals surface area contributed by atoms with Crippen molar-refractivity contribution in [2.24, 2.45) is 11.1 Å². The number of carbonyl (C=O) groups excluding carboxylic acids is 2. The van der Waals surface area contributed by atoms with Gasteiger partial charge in [-0.15, -0.1) is 0 Å². The van der Waals surface area contributed by atoms with Gasteiger partial charge in [0.25, 0.3) is 5.91 Å². The monoisotopic (exact) mass is 497 g/mol. The van der Waals surface area contributed by atoms with E-state index >= 15 is 4.39 Å². The van der Waals surface area contributed by atoms with Crippen LogP contribution in [0.2, 0.25) is 0 Å². The number of sulfone groups is 1. The van der Waals surface area contributed by atoms with Gasteiger partial charge in [0.2, 0.25) is 5.91 Å². The number of aromatic nitrogens is 1. The summed E-state index contributed by atoms with van der Waals surface area (Å²) in [5.74, 6) is -1.60. The second-order valence-corrected chi connectivity index (χ2v) is 12.7. The summed E-state index contributed by atoms with van der Waals surface area (Å²) in [6, 6.07) is 10.3. The standard InChI is InChI=1S/C26H28FN3O4S/c1-26(2)13-21-23(17-5-3-4-6-20(17)30(21)22(31)14-26)15-11-18(27)24(25(28)32)19(12-15)29-16-7-9-35(33,34)10-8-16/h3-6,11-12,16,29H,7-10,13-14H2,1-2H3,(H2,28,32). The summed E-state index contributed by atoms with van der Waals surface area (Å²) in [5, 5.41) is 4.01. The minimum Gasteiger partial charge on any atom is -0.381 e. The average molecular weight is 498 g/mol. The molecule has 1 aromatic heterocycles. The summed E-state index contributed by atoms with van der Waals surface area (Å²) in [7, 11) is -3.08. The van der Waals surface area contributed by atoms with E-state index in [0.29, 0.717) is 31.2 Å². The molecule has 3 aromatic rings. The van der Waals surface area contributed by atoms with E-state index in [1.54, 1.807) is 10.6 Å². The highest BCUT2D eigenvalue weighted by Gasteiger charge is 2.35. The molecule has 3 N–H and O–H groups in total. The van der Waals surface area contributed by atoms with Gasteiger partial charge in [-0.25, -0.2) is 12.8 Å². The van der Waals surface area contributed by atoms with Crippen LogP contribution < -0.4 is 11.1 Å². The summed E-state index contributed by atoms with van der Waals surface area (Å²) < 4.78 is 40.8. The highest BCUT2D eigenvalue weighted by molar-refractivity contribution is 7.91. The van der Waals surface area contributed by atoms with Gasteiger partial charge in [0.15, 0.2) is 0 Å². The average Bonchev–Trinajstić information content (AvgIpc) is 3.07. The van der Waals surface area contributed by atoms with Crippen LogP contribution in [0.4, 0.5) is 10.1 Å². The normalized spacial score (nSPS) is 19.5. The van der Waals surface area contributed by atoms with Gasteiger partial charge in [0, 0.05) is 29.1 Å². The lowest BCUT2D eigenvalue weighted by molar-refractivity contribution is 0.0816. The summed E-state index contributed by atoms with van der Waals surface area (Å²) in [6.45, 7) is 4.08. The van der Waals surface area contributed by atoms with Crippen molar-refractivity contribution < 1.29 is 22.4 Å². The van der Waals surface area contributed by atoms with Gasteiger partial charge in [-0.05, 0) is 48.4 Å². The number of nitrogens with zero attached hydrogens (tertiary/aromatic N) is 1. The molecule has 0 saturated carbocycles. The van der Waals surface area contributed by atoms with Gasteiger partial charge in [-0.2, -0.15) is 0 Å². The highest BCUT2D eigenvalue weighted by Crippen LogP contribution is 2.43. The Hall–Kier alpha value is -3.20. The minimum atomic E-state index is -3.08. The molecule has 0 spiro atoms. The van der Waals surface area contributed by atoms with Crippen LogP contribution in [-0.2, 0) is 16.3 Å². The molecular weight excluding hydrogens is 469 g/mol. The zero-order valence-corrected chi connectivity index (χ0v) is 20.5. The molecule has 2 aliphatic rings. The summed E-state index contributed by atoms with van der Waals surface area (Å²) in [5.41, 5.74) is 8.13. The first kappa shape index (κ1) is 23.5. The Kier molecular flexibility index (Phi) is 5.51. The summed E-state index contributed by atoms with van der Waals surface area (Å²) in [4.78, 5) is 25.3. The maximum absolute atomic E-state index is 15.4. The molecule has 0 atom stereocenters. The molecule has 0 aliphatic carbocycles. The zero-order chi connectivity index (χ0) is 25.1. The van der Waals surface area contributed by atoms with Crippen molar-refractivity contribution in [2.75, 3.05) is 16.8 Å². The number of hydrogen-bond acceptors (Lipinski definition) is 5. The number of rotatable bonds is 4. The van der Waals surface area contributed by atoms with Gasteiger partial charge in [0.05, 0.1) is 28.3 Å². The van der Waals surface area contributed by atoms with Crippen LogP contribution in [-0.4, -0.2) is 42.3 Å². The van der Waals surface area contributed by atoms with Crippen molar-refractivity contribution in [3.63, 3.8) is 0 Å². The number of amides is 1. The predicted octanol–water partition coefficient (Wildman–Crippen LogP) is 4.15. The van der Waals surface area contributed by atoms with E-state index in [-0.39, 0.29) is 40.1 Å². The molecule has 184 valence electrons. The van der Waals surface area contributed by atoms with Crippen LogP contribution in [0, 0.1) is 11.2 Å². The van der Waals surface area contributed by atoms with Crippen LogP contribution >= 0.6 is 0 Å². The van der Waals surface area contributed by atoms with Crippen LogP contribution in [0.15, 0.2) is 36.4 Å². The number of primary amides is 1. The Morgan fingerprint density at radius 2 is 1.83 bits per heavy atom. The van der Waals surface area contributed by atoms with E-state index in [0.717, 1.165) is 22.2 Å². The first-order valence-electron chi connectivity index (χ1n) is 11.7. The van der Waals surface area contributed by atoms with Crippen molar-refractivity contribution >= 4 is 38.2 Å².